The van der Waals surface area contributed by atoms with Crippen LogP contribution < -0.4 is 5.32 Å². The Morgan fingerprint density at radius 3 is 2.45 bits per heavy atom. The number of carboxylic acids is 1. The van der Waals surface area contributed by atoms with Crippen molar-refractivity contribution in [3.05, 3.63) is 0 Å². The lowest BCUT2D eigenvalue weighted by Gasteiger charge is -2.34. The van der Waals surface area contributed by atoms with Crippen LogP contribution in [0.3, 0.4) is 0 Å². The van der Waals surface area contributed by atoms with Crippen molar-refractivity contribution in [2.24, 2.45) is 5.92 Å². The molecule has 0 aliphatic carbocycles. The number of aliphatic carboxylic acids is 1. The molecule has 0 aromatic heterocycles. The molecule has 2 atom stereocenters. The molecule has 1 aliphatic rings. The maximum atomic E-state index is 12.2. The van der Waals surface area contributed by atoms with Crippen molar-refractivity contribution in [3.63, 3.8) is 0 Å². The number of esters is 1. The minimum Gasteiger partial charge on any atom is -0.480 e. The van der Waals surface area contributed by atoms with Crippen LogP contribution in [0.15, 0.2) is 0 Å². The van der Waals surface area contributed by atoms with Crippen molar-refractivity contribution in [3.8, 4) is 0 Å². The normalized spacial score (nSPS) is 20.4. The molecule has 20 heavy (non-hydrogen) atoms. The lowest BCUT2D eigenvalue weighted by atomic mass is 10.0. The van der Waals surface area contributed by atoms with Gasteiger partial charge in [-0.25, -0.2) is 14.4 Å². The summed E-state index contributed by atoms with van der Waals surface area (Å²) in [4.78, 5) is 36.3. The molecule has 2 N–H and O–H groups in total. The van der Waals surface area contributed by atoms with Crippen LogP contribution in [0.5, 0.6) is 0 Å². The summed E-state index contributed by atoms with van der Waals surface area (Å²) in [7, 11) is 1.25. The van der Waals surface area contributed by atoms with Crippen LogP contribution in [0.4, 0.5) is 4.79 Å². The van der Waals surface area contributed by atoms with Gasteiger partial charge in [-0.15, -0.1) is 0 Å². The molecular weight excluding hydrogens is 264 g/mol. The summed E-state index contributed by atoms with van der Waals surface area (Å²) in [5.74, 6) is -1.68. The van der Waals surface area contributed by atoms with Crippen molar-refractivity contribution in [1.82, 2.24) is 10.2 Å². The molecule has 7 nitrogen and oxygen atoms in total. The number of rotatable bonds is 4. The maximum absolute atomic E-state index is 12.2. The molecule has 114 valence electrons. The van der Waals surface area contributed by atoms with Crippen LogP contribution in [0.2, 0.25) is 0 Å². The summed E-state index contributed by atoms with van der Waals surface area (Å²) in [5, 5.41) is 11.7. The molecular formula is C13H22N2O5. The number of carbonyl (C=O) groups excluding carboxylic acids is 2. The van der Waals surface area contributed by atoms with E-state index in [1.807, 2.05) is 0 Å². The fraction of sp³-hybridized carbons (Fsp3) is 0.769. The quantitative estimate of drug-likeness (QED) is 0.746. The summed E-state index contributed by atoms with van der Waals surface area (Å²) in [6.07, 6.45) is 1.99. The first-order valence-corrected chi connectivity index (χ1v) is 6.76. The Bertz CT molecular complexity index is 383. The van der Waals surface area contributed by atoms with E-state index in [1.165, 1.54) is 12.0 Å². The molecule has 0 aromatic carbocycles. The SMILES string of the molecule is COC(=O)C(NC(=O)N1CCCCC1C(=O)O)C(C)C. The summed E-state index contributed by atoms with van der Waals surface area (Å²) < 4.78 is 4.65. The zero-order chi connectivity index (χ0) is 15.3. The number of amides is 2. The largest absolute Gasteiger partial charge is 0.480 e. The topological polar surface area (TPSA) is 95.9 Å². The van der Waals surface area contributed by atoms with Gasteiger partial charge in [0.1, 0.15) is 12.1 Å². The fourth-order valence-electron chi connectivity index (χ4n) is 2.27. The molecule has 0 saturated carbocycles. The Morgan fingerprint density at radius 2 is 1.95 bits per heavy atom. The van der Waals surface area contributed by atoms with Gasteiger partial charge in [0.2, 0.25) is 0 Å². The summed E-state index contributed by atoms with van der Waals surface area (Å²) >= 11 is 0. The Labute approximate surface area is 118 Å². The highest BCUT2D eigenvalue weighted by atomic mass is 16.5. The fourth-order valence-corrected chi connectivity index (χ4v) is 2.27. The number of hydrogen-bond acceptors (Lipinski definition) is 4. The third-order valence-corrected chi connectivity index (χ3v) is 3.45. The lowest BCUT2D eigenvalue weighted by Crippen LogP contribution is -2.56. The number of piperidine rings is 1. The van der Waals surface area contributed by atoms with Gasteiger partial charge in [0.25, 0.3) is 0 Å². The number of carbonyl (C=O) groups is 3. The third-order valence-electron chi connectivity index (χ3n) is 3.45. The standard InChI is InChI=1S/C13H22N2O5/c1-8(2)10(12(18)20-3)14-13(19)15-7-5-4-6-9(15)11(16)17/h8-10H,4-7H2,1-3H3,(H,14,19)(H,16,17). The number of urea groups is 1. The predicted molar refractivity (Wildman–Crippen MR) is 71.2 cm³/mol. The second kappa shape index (κ2) is 7.12. The van der Waals surface area contributed by atoms with Crippen molar-refractivity contribution in [2.45, 2.75) is 45.2 Å². The Morgan fingerprint density at radius 1 is 1.30 bits per heavy atom. The Kier molecular flexibility index (Phi) is 5.79. The van der Waals surface area contributed by atoms with Crippen molar-refractivity contribution in [1.29, 1.82) is 0 Å². The maximum Gasteiger partial charge on any atom is 0.328 e. The molecule has 2 unspecified atom stereocenters. The van der Waals surface area contributed by atoms with Crippen LogP contribution >= 0.6 is 0 Å². The van der Waals surface area contributed by atoms with Crippen molar-refractivity contribution >= 4 is 18.0 Å². The van der Waals surface area contributed by atoms with E-state index in [4.69, 9.17) is 5.11 Å². The molecule has 2 amide bonds. The highest BCUT2D eigenvalue weighted by Crippen LogP contribution is 2.18. The minimum absolute atomic E-state index is 0.139. The lowest BCUT2D eigenvalue weighted by molar-refractivity contribution is -0.144. The molecule has 7 heteroatoms. The number of hydrogen-bond donors (Lipinski definition) is 2. The predicted octanol–water partition coefficient (Wildman–Crippen LogP) is 0.833. The van der Waals surface area contributed by atoms with Gasteiger partial charge in [-0.3, -0.25) is 0 Å². The third kappa shape index (κ3) is 3.85. The highest BCUT2D eigenvalue weighted by molar-refractivity contribution is 5.87. The summed E-state index contributed by atoms with van der Waals surface area (Å²) in [6, 6.07) is -2.13. The monoisotopic (exact) mass is 286 g/mol. The van der Waals surface area contributed by atoms with E-state index in [1.54, 1.807) is 13.8 Å². The Hall–Kier alpha value is -1.79. The summed E-state index contributed by atoms with van der Waals surface area (Å²) in [5.41, 5.74) is 0. The molecule has 0 spiro atoms. The van der Waals surface area contributed by atoms with E-state index in [0.717, 1.165) is 12.8 Å². The second-order valence-corrected chi connectivity index (χ2v) is 5.24. The summed E-state index contributed by atoms with van der Waals surface area (Å²) in [6.45, 7) is 3.95. The van der Waals surface area contributed by atoms with Gasteiger partial charge in [0.15, 0.2) is 0 Å². The molecule has 1 aliphatic heterocycles. The average Bonchev–Trinajstić information content (AvgIpc) is 2.43. The zero-order valence-corrected chi connectivity index (χ0v) is 12.1. The van der Waals surface area contributed by atoms with Crippen LogP contribution in [0.25, 0.3) is 0 Å². The van der Waals surface area contributed by atoms with Gasteiger partial charge >= 0.3 is 18.0 Å². The first-order valence-electron chi connectivity index (χ1n) is 6.76. The van der Waals surface area contributed by atoms with E-state index in [0.29, 0.717) is 13.0 Å². The number of likely N-dealkylation sites (tertiary alicyclic amines) is 1. The van der Waals surface area contributed by atoms with E-state index in [2.05, 4.69) is 10.1 Å². The van der Waals surface area contributed by atoms with Gasteiger partial charge in [-0.1, -0.05) is 13.8 Å². The highest BCUT2D eigenvalue weighted by Gasteiger charge is 2.34. The number of nitrogens with one attached hydrogen (secondary N) is 1. The van der Waals surface area contributed by atoms with Gasteiger partial charge in [0.05, 0.1) is 7.11 Å². The molecule has 0 radical (unpaired) electrons. The molecule has 1 saturated heterocycles. The molecule has 0 bridgehead atoms. The minimum atomic E-state index is -1.01. The smallest absolute Gasteiger partial charge is 0.328 e. The number of nitrogens with zero attached hydrogens (tertiary/aromatic N) is 1. The number of ether oxygens (including phenoxy) is 1. The first kappa shape index (κ1) is 16.3. The van der Waals surface area contributed by atoms with Gasteiger partial charge in [-0.2, -0.15) is 0 Å². The first-order chi connectivity index (χ1) is 9.38. The second-order valence-electron chi connectivity index (χ2n) is 5.24. The van der Waals surface area contributed by atoms with Crippen LogP contribution in [-0.4, -0.2) is 53.7 Å². The van der Waals surface area contributed by atoms with Crippen molar-refractivity contribution in [2.75, 3.05) is 13.7 Å². The molecule has 1 heterocycles. The Balaban J connectivity index is 2.76. The molecule has 0 aromatic rings. The van der Waals surface area contributed by atoms with Crippen LogP contribution in [0, 0.1) is 5.92 Å². The zero-order valence-electron chi connectivity index (χ0n) is 12.1. The van der Waals surface area contributed by atoms with Gasteiger partial charge in [-0.05, 0) is 25.2 Å². The average molecular weight is 286 g/mol. The van der Waals surface area contributed by atoms with Crippen LogP contribution in [-0.2, 0) is 14.3 Å². The number of carboxylic acid groups (broad SMARTS) is 1. The van der Waals surface area contributed by atoms with Crippen LogP contribution in [0.1, 0.15) is 33.1 Å². The van der Waals surface area contributed by atoms with Crippen molar-refractivity contribution < 1.29 is 24.2 Å². The van der Waals surface area contributed by atoms with Gasteiger partial charge in [0, 0.05) is 6.54 Å². The van der Waals surface area contributed by atoms with E-state index in [-0.39, 0.29) is 5.92 Å². The van der Waals surface area contributed by atoms with E-state index < -0.39 is 30.1 Å². The molecule has 1 rings (SSSR count). The van der Waals surface area contributed by atoms with Gasteiger partial charge < -0.3 is 20.1 Å². The van der Waals surface area contributed by atoms with E-state index in [9.17, 15) is 14.4 Å². The van der Waals surface area contributed by atoms with E-state index >= 15 is 0 Å². The molecule has 1 fully saturated rings. The number of methoxy groups -OCH3 is 1.